The van der Waals surface area contributed by atoms with Gasteiger partial charge in [-0.25, -0.2) is 9.97 Å². The second-order valence-electron chi connectivity index (χ2n) is 4.18. The number of nitrogens with zero attached hydrogens (tertiary/aromatic N) is 3. The zero-order chi connectivity index (χ0) is 11.5. The molecule has 0 aliphatic carbocycles. The van der Waals surface area contributed by atoms with E-state index in [-0.39, 0.29) is 0 Å². The highest BCUT2D eigenvalue weighted by Gasteiger charge is 2.24. The SMILES string of the molecule is CCC(CC)N1COCc2cnc(C)nc21. The number of aromatic nitrogens is 2. The highest BCUT2D eigenvalue weighted by Crippen LogP contribution is 2.26. The fraction of sp³-hybridized carbons (Fsp3) is 0.667. The third-order valence-electron chi connectivity index (χ3n) is 3.11. The summed E-state index contributed by atoms with van der Waals surface area (Å²) >= 11 is 0. The van der Waals surface area contributed by atoms with Crippen molar-refractivity contribution >= 4 is 5.82 Å². The molecule has 0 spiro atoms. The summed E-state index contributed by atoms with van der Waals surface area (Å²) in [7, 11) is 0. The van der Waals surface area contributed by atoms with E-state index < -0.39 is 0 Å². The van der Waals surface area contributed by atoms with E-state index in [0.29, 0.717) is 19.4 Å². The van der Waals surface area contributed by atoms with Crippen LogP contribution in [0.4, 0.5) is 5.82 Å². The van der Waals surface area contributed by atoms with Crippen molar-refractivity contribution in [2.24, 2.45) is 0 Å². The third-order valence-corrected chi connectivity index (χ3v) is 3.11. The summed E-state index contributed by atoms with van der Waals surface area (Å²) in [6, 6.07) is 0.508. The Kier molecular flexibility index (Phi) is 3.39. The smallest absolute Gasteiger partial charge is 0.139 e. The van der Waals surface area contributed by atoms with Crippen LogP contribution >= 0.6 is 0 Å². The van der Waals surface area contributed by atoms with Gasteiger partial charge in [0.15, 0.2) is 0 Å². The van der Waals surface area contributed by atoms with Crippen LogP contribution in [0.3, 0.4) is 0 Å². The lowest BCUT2D eigenvalue weighted by molar-refractivity contribution is 0.101. The Bertz CT molecular complexity index is 363. The molecule has 2 heterocycles. The van der Waals surface area contributed by atoms with Crippen molar-refractivity contribution in [3.63, 3.8) is 0 Å². The molecule has 0 fully saturated rings. The molecule has 4 nitrogen and oxygen atoms in total. The van der Waals surface area contributed by atoms with Crippen molar-refractivity contribution in [3.05, 3.63) is 17.6 Å². The topological polar surface area (TPSA) is 38.2 Å². The summed E-state index contributed by atoms with van der Waals surface area (Å²) < 4.78 is 5.58. The molecule has 1 aromatic rings. The maximum absolute atomic E-state index is 5.58. The Balaban J connectivity index is 2.34. The van der Waals surface area contributed by atoms with Gasteiger partial charge in [0.25, 0.3) is 0 Å². The number of aryl methyl sites for hydroxylation is 1. The van der Waals surface area contributed by atoms with Crippen LogP contribution in [0.5, 0.6) is 0 Å². The predicted molar refractivity (Wildman–Crippen MR) is 63.3 cm³/mol. The van der Waals surface area contributed by atoms with Crippen molar-refractivity contribution < 1.29 is 4.74 Å². The predicted octanol–water partition coefficient (Wildman–Crippen LogP) is 2.27. The van der Waals surface area contributed by atoms with Crippen molar-refractivity contribution in [2.75, 3.05) is 11.6 Å². The first-order valence-corrected chi connectivity index (χ1v) is 5.93. The van der Waals surface area contributed by atoms with Crippen LogP contribution in [0, 0.1) is 6.92 Å². The molecule has 0 saturated carbocycles. The van der Waals surface area contributed by atoms with Gasteiger partial charge in [-0.05, 0) is 19.8 Å². The second kappa shape index (κ2) is 4.78. The van der Waals surface area contributed by atoms with Gasteiger partial charge >= 0.3 is 0 Å². The van der Waals surface area contributed by atoms with Gasteiger partial charge < -0.3 is 9.64 Å². The van der Waals surface area contributed by atoms with Crippen LogP contribution in [0.15, 0.2) is 6.20 Å². The Morgan fingerprint density at radius 2 is 2.19 bits per heavy atom. The first-order chi connectivity index (χ1) is 7.76. The summed E-state index contributed by atoms with van der Waals surface area (Å²) in [5.41, 5.74) is 1.10. The molecule has 88 valence electrons. The van der Waals surface area contributed by atoms with Gasteiger partial charge in [-0.1, -0.05) is 13.8 Å². The van der Waals surface area contributed by atoms with E-state index in [1.54, 1.807) is 0 Å². The summed E-state index contributed by atoms with van der Waals surface area (Å²) in [4.78, 5) is 11.0. The minimum atomic E-state index is 0.508. The highest BCUT2D eigenvalue weighted by molar-refractivity contribution is 5.47. The average molecular weight is 221 g/mol. The van der Waals surface area contributed by atoms with E-state index >= 15 is 0 Å². The number of anilines is 1. The van der Waals surface area contributed by atoms with E-state index in [9.17, 15) is 0 Å². The minimum Gasteiger partial charge on any atom is -0.356 e. The van der Waals surface area contributed by atoms with Gasteiger partial charge in [-0.2, -0.15) is 0 Å². The molecule has 0 N–H and O–H groups in total. The number of hydrogen-bond acceptors (Lipinski definition) is 4. The molecule has 1 aliphatic rings. The standard InChI is InChI=1S/C12H19N3O/c1-4-11(5-2)15-8-16-7-10-6-13-9(3)14-12(10)15/h6,11H,4-5,7-8H2,1-3H3. The molecule has 0 radical (unpaired) electrons. The van der Waals surface area contributed by atoms with Crippen molar-refractivity contribution in [3.8, 4) is 0 Å². The van der Waals surface area contributed by atoms with Crippen LogP contribution < -0.4 is 4.90 Å². The summed E-state index contributed by atoms with van der Waals surface area (Å²) in [6.45, 7) is 7.62. The van der Waals surface area contributed by atoms with Crippen molar-refractivity contribution in [1.29, 1.82) is 0 Å². The molecule has 16 heavy (non-hydrogen) atoms. The number of hydrogen-bond donors (Lipinski definition) is 0. The zero-order valence-corrected chi connectivity index (χ0v) is 10.2. The van der Waals surface area contributed by atoms with E-state index in [2.05, 4.69) is 28.7 Å². The highest BCUT2D eigenvalue weighted by atomic mass is 16.5. The summed E-state index contributed by atoms with van der Waals surface area (Å²) in [5.74, 6) is 1.89. The largest absolute Gasteiger partial charge is 0.356 e. The van der Waals surface area contributed by atoms with Gasteiger partial charge in [-0.15, -0.1) is 0 Å². The maximum atomic E-state index is 5.58. The lowest BCUT2D eigenvalue weighted by Crippen LogP contribution is -2.40. The van der Waals surface area contributed by atoms with Crippen LogP contribution in [0.1, 0.15) is 38.1 Å². The molecule has 1 aliphatic heterocycles. The Morgan fingerprint density at radius 1 is 1.44 bits per heavy atom. The molecule has 0 aromatic carbocycles. The van der Waals surface area contributed by atoms with E-state index in [1.165, 1.54) is 0 Å². The molecule has 0 amide bonds. The van der Waals surface area contributed by atoms with E-state index in [1.807, 2.05) is 13.1 Å². The molecule has 0 atom stereocenters. The van der Waals surface area contributed by atoms with E-state index in [0.717, 1.165) is 30.0 Å². The Labute approximate surface area is 96.7 Å². The molecule has 2 rings (SSSR count). The van der Waals surface area contributed by atoms with Gasteiger partial charge in [0.05, 0.1) is 6.61 Å². The number of fused-ring (bicyclic) bond motifs is 1. The quantitative estimate of drug-likeness (QED) is 0.784. The maximum Gasteiger partial charge on any atom is 0.139 e. The summed E-state index contributed by atoms with van der Waals surface area (Å²) in [6.07, 6.45) is 4.11. The Hall–Kier alpha value is -1.16. The van der Waals surface area contributed by atoms with Crippen molar-refractivity contribution in [1.82, 2.24) is 9.97 Å². The second-order valence-corrected chi connectivity index (χ2v) is 4.18. The number of ether oxygens (including phenoxy) is 1. The average Bonchev–Trinajstić information content (AvgIpc) is 2.31. The molecule has 0 saturated heterocycles. The normalized spacial score (nSPS) is 15.4. The monoisotopic (exact) mass is 221 g/mol. The number of rotatable bonds is 3. The molecular formula is C12H19N3O. The zero-order valence-electron chi connectivity index (χ0n) is 10.2. The van der Waals surface area contributed by atoms with Gasteiger partial charge in [0.1, 0.15) is 18.4 Å². The third kappa shape index (κ3) is 2.02. The van der Waals surface area contributed by atoms with Gasteiger partial charge in [0, 0.05) is 17.8 Å². The van der Waals surface area contributed by atoms with Crippen LogP contribution in [-0.4, -0.2) is 22.7 Å². The molecule has 0 unspecified atom stereocenters. The van der Waals surface area contributed by atoms with Crippen LogP contribution in [0.25, 0.3) is 0 Å². The lowest BCUT2D eigenvalue weighted by atomic mass is 10.1. The van der Waals surface area contributed by atoms with Crippen molar-refractivity contribution in [2.45, 2.75) is 46.3 Å². The first kappa shape index (κ1) is 11.3. The summed E-state index contributed by atoms with van der Waals surface area (Å²) in [5, 5.41) is 0. The minimum absolute atomic E-state index is 0.508. The van der Waals surface area contributed by atoms with Crippen LogP contribution in [0.2, 0.25) is 0 Å². The molecule has 1 aromatic heterocycles. The van der Waals surface area contributed by atoms with Gasteiger partial charge in [0.2, 0.25) is 0 Å². The fourth-order valence-corrected chi connectivity index (χ4v) is 2.16. The van der Waals surface area contributed by atoms with Gasteiger partial charge in [-0.3, -0.25) is 0 Å². The van der Waals surface area contributed by atoms with Crippen LogP contribution in [-0.2, 0) is 11.3 Å². The lowest BCUT2D eigenvalue weighted by Gasteiger charge is -2.35. The molecule has 4 heteroatoms. The first-order valence-electron chi connectivity index (χ1n) is 5.93. The Morgan fingerprint density at radius 3 is 2.88 bits per heavy atom. The fourth-order valence-electron chi connectivity index (χ4n) is 2.16. The molecule has 0 bridgehead atoms. The van der Waals surface area contributed by atoms with E-state index in [4.69, 9.17) is 4.74 Å². The molecular weight excluding hydrogens is 202 g/mol.